The Bertz CT molecular complexity index is 757. The molecule has 28 heavy (non-hydrogen) atoms. The summed E-state index contributed by atoms with van der Waals surface area (Å²) in [6.45, 7) is 3.21. The summed E-state index contributed by atoms with van der Waals surface area (Å²) in [5.74, 6) is -0.115. The molecule has 0 radical (unpaired) electrons. The molecule has 4 nitrogen and oxygen atoms in total. The highest BCUT2D eigenvalue weighted by molar-refractivity contribution is 9.10. The van der Waals surface area contributed by atoms with Gasteiger partial charge in [-0.05, 0) is 41.5 Å². The Morgan fingerprint density at radius 2 is 1.64 bits per heavy atom. The maximum absolute atomic E-state index is 12.4. The third-order valence-corrected chi connectivity index (χ3v) is 4.94. The third kappa shape index (κ3) is 6.42. The molecule has 2 aromatic carbocycles. The maximum Gasteiger partial charge on any atom is 0.573 e. The molecule has 1 aliphatic heterocycles. The number of hydrogen-bond donors (Lipinski definition) is 2. The van der Waals surface area contributed by atoms with Gasteiger partial charge in [-0.15, -0.1) is 38.0 Å². The zero-order valence-corrected chi connectivity index (χ0v) is 17.8. The van der Waals surface area contributed by atoms with E-state index in [2.05, 4.69) is 30.9 Å². The molecule has 1 fully saturated rings. The fourth-order valence-electron chi connectivity index (χ4n) is 3.12. The van der Waals surface area contributed by atoms with Crippen molar-refractivity contribution in [2.75, 3.05) is 26.2 Å². The molecule has 156 valence electrons. The number of piperazine rings is 1. The summed E-state index contributed by atoms with van der Waals surface area (Å²) >= 11 is 3.52. The minimum absolute atomic E-state index is 0. The highest BCUT2D eigenvalue weighted by atomic mass is 79.9. The van der Waals surface area contributed by atoms with Crippen LogP contribution in [-0.4, -0.2) is 42.5 Å². The molecular weight excluding hydrogens is 484 g/mol. The van der Waals surface area contributed by atoms with Crippen LogP contribution in [0, 0.1) is 0 Å². The van der Waals surface area contributed by atoms with Crippen LogP contribution in [0.1, 0.15) is 17.2 Å². The smallest absolute Gasteiger partial charge is 0.508 e. The molecule has 2 aromatic rings. The van der Waals surface area contributed by atoms with E-state index in [1.165, 1.54) is 12.1 Å². The van der Waals surface area contributed by atoms with E-state index < -0.39 is 6.36 Å². The third-order valence-electron chi connectivity index (χ3n) is 4.22. The molecule has 0 spiro atoms. The van der Waals surface area contributed by atoms with Crippen LogP contribution in [-0.2, 0) is 0 Å². The number of nitrogens with one attached hydrogen (secondary N) is 1. The van der Waals surface area contributed by atoms with Gasteiger partial charge in [0.15, 0.2) is 0 Å². The summed E-state index contributed by atoms with van der Waals surface area (Å²) in [4.78, 5) is 2.23. The van der Waals surface area contributed by atoms with E-state index >= 15 is 0 Å². The van der Waals surface area contributed by atoms with Gasteiger partial charge in [-0.1, -0.05) is 28.1 Å². The molecule has 1 saturated heterocycles. The number of aromatic hydroxyl groups is 1. The Kier molecular flexibility index (Phi) is 9.36. The van der Waals surface area contributed by atoms with Gasteiger partial charge in [-0.25, -0.2) is 0 Å². The van der Waals surface area contributed by atoms with Crippen LogP contribution in [0.4, 0.5) is 13.2 Å². The van der Waals surface area contributed by atoms with E-state index in [0.717, 1.165) is 41.8 Å². The molecule has 0 saturated carbocycles. The number of rotatable bonds is 4. The second kappa shape index (κ2) is 10.5. The largest absolute Gasteiger partial charge is 0.573 e. The summed E-state index contributed by atoms with van der Waals surface area (Å²) < 4.78 is 41.9. The normalized spacial score (nSPS) is 15.9. The summed E-state index contributed by atoms with van der Waals surface area (Å²) in [6.07, 6.45) is -4.71. The maximum atomic E-state index is 12.4. The van der Waals surface area contributed by atoms with E-state index in [4.69, 9.17) is 0 Å². The van der Waals surface area contributed by atoms with Crippen LogP contribution < -0.4 is 10.1 Å². The highest BCUT2D eigenvalue weighted by Crippen LogP contribution is 2.36. The monoisotopic (exact) mass is 502 g/mol. The van der Waals surface area contributed by atoms with Gasteiger partial charge in [0.05, 0.1) is 6.04 Å². The first-order chi connectivity index (χ1) is 12.3. The Balaban J connectivity index is 0.00000196. The zero-order chi connectivity index (χ0) is 18.7. The van der Waals surface area contributed by atoms with Crippen molar-refractivity contribution in [1.82, 2.24) is 10.2 Å². The van der Waals surface area contributed by atoms with E-state index in [9.17, 15) is 18.3 Å². The van der Waals surface area contributed by atoms with Gasteiger partial charge < -0.3 is 15.2 Å². The van der Waals surface area contributed by atoms with E-state index in [-0.39, 0.29) is 42.4 Å². The van der Waals surface area contributed by atoms with E-state index in [1.807, 2.05) is 0 Å². The summed E-state index contributed by atoms with van der Waals surface area (Å²) in [5.41, 5.74) is 1.68. The standard InChI is InChI=1S/C18H18BrF3N2O2.2ClH/c19-16-6-3-13(25)11-15(16)17(24-9-7-23-8-10-24)12-1-4-14(5-2-12)26-18(20,21)22;;/h1-6,11,17,23,25H,7-10H2;2*1H/t17-;;/m1../s1. The molecule has 1 aliphatic rings. The van der Waals surface area contributed by atoms with Gasteiger partial charge in [0.1, 0.15) is 11.5 Å². The van der Waals surface area contributed by atoms with Crippen LogP contribution >= 0.6 is 40.7 Å². The van der Waals surface area contributed by atoms with Crippen molar-refractivity contribution in [2.24, 2.45) is 0 Å². The summed E-state index contributed by atoms with van der Waals surface area (Å²) in [7, 11) is 0. The van der Waals surface area contributed by atoms with Crippen LogP contribution in [0.25, 0.3) is 0 Å². The minimum atomic E-state index is -4.71. The van der Waals surface area contributed by atoms with Crippen LogP contribution in [0.2, 0.25) is 0 Å². The fourth-order valence-corrected chi connectivity index (χ4v) is 3.58. The quantitative estimate of drug-likeness (QED) is 0.623. The minimum Gasteiger partial charge on any atom is -0.508 e. The average molecular weight is 504 g/mol. The average Bonchev–Trinajstić information content (AvgIpc) is 2.59. The summed E-state index contributed by atoms with van der Waals surface area (Å²) in [6, 6.07) is 10.7. The Morgan fingerprint density at radius 1 is 1.04 bits per heavy atom. The van der Waals surface area contributed by atoms with E-state index in [0.29, 0.717) is 0 Å². The van der Waals surface area contributed by atoms with Gasteiger partial charge in [-0.3, -0.25) is 4.90 Å². The Labute approximate surface area is 182 Å². The van der Waals surface area contributed by atoms with Gasteiger partial charge in [-0.2, -0.15) is 0 Å². The number of alkyl halides is 3. The van der Waals surface area contributed by atoms with Crippen LogP contribution in [0.15, 0.2) is 46.9 Å². The second-order valence-corrected chi connectivity index (χ2v) is 6.87. The molecule has 0 amide bonds. The Morgan fingerprint density at radius 3 is 2.21 bits per heavy atom. The van der Waals surface area contributed by atoms with Gasteiger partial charge >= 0.3 is 6.36 Å². The molecule has 10 heteroatoms. The van der Waals surface area contributed by atoms with Gasteiger partial charge in [0.2, 0.25) is 0 Å². The zero-order valence-electron chi connectivity index (χ0n) is 14.6. The first-order valence-corrected chi connectivity index (χ1v) is 8.92. The number of phenolic OH excluding ortho intramolecular Hbond substituents is 1. The lowest BCUT2D eigenvalue weighted by Crippen LogP contribution is -2.45. The lowest BCUT2D eigenvalue weighted by Gasteiger charge is -2.36. The summed E-state index contributed by atoms with van der Waals surface area (Å²) in [5, 5.41) is 13.2. The molecule has 0 unspecified atom stereocenters. The highest BCUT2D eigenvalue weighted by Gasteiger charge is 2.31. The molecular formula is C18H20BrCl2F3N2O2. The Hall–Kier alpha value is -1.19. The first-order valence-electron chi connectivity index (χ1n) is 8.12. The second-order valence-electron chi connectivity index (χ2n) is 6.01. The number of phenols is 1. The van der Waals surface area contributed by atoms with Crippen molar-refractivity contribution in [2.45, 2.75) is 12.4 Å². The number of nitrogens with zero attached hydrogens (tertiary/aromatic N) is 1. The predicted molar refractivity (Wildman–Crippen MR) is 110 cm³/mol. The van der Waals surface area contributed by atoms with Gasteiger partial charge in [0, 0.05) is 30.7 Å². The number of ether oxygens (including phenoxy) is 1. The molecule has 1 atom stereocenters. The van der Waals surface area contributed by atoms with Crippen LogP contribution in [0.3, 0.4) is 0 Å². The van der Waals surface area contributed by atoms with Gasteiger partial charge in [0.25, 0.3) is 0 Å². The van der Waals surface area contributed by atoms with Crippen molar-refractivity contribution in [1.29, 1.82) is 0 Å². The SMILES string of the molecule is Cl.Cl.Oc1ccc(Br)c([C@@H](c2ccc(OC(F)(F)F)cc2)N2CCNCC2)c1. The lowest BCUT2D eigenvalue weighted by atomic mass is 9.96. The van der Waals surface area contributed by atoms with Crippen molar-refractivity contribution >= 4 is 40.7 Å². The molecule has 0 aliphatic carbocycles. The van der Waals surface area contributed by atoms with Crippen molar-refractivity contribution in [3.05, 3.63) is 58.1 Å². The van der Waals surface area contributed by atoms with E-state index in [1.54, 1.807) is 30.3 Å². The van der Waals surface area contributed by atoms with Crippen molar-refractivity contribution < 1.29 is 23.0 Å². The number of halogens is 6. The molecule has 2 N–H and O–H groups in total. The molecule has 1 heterocycles. The number of hydrogen-bond acceptors (Lipinski definition) is 4. The predicted octanol–water partition coefficient (Wildman–Crippen LogP) is 4.89. The first kappa shape index (κ1) is 24.8. The lowest BCUT2D eigenvalue weighted by molar-refractivity contribution is -0.274. The van der Waals surface area contributed by atoms with Crippen LogP contribution in [0.5, 0.6) is 11.5 Å². The molecule has 0 bridgehead atoms. The van der Waals surface area contributed by atoms with Crippen molar-refractivity contribution in [3.63, 3.8) is 0 Å². The van der Waals surface area contributed by atoms with Crippen molar-refractivity contribution in [3.8, 4) is 11.5 Å². The molecule has 3 rings (SSSR count). The topological polar surface area (TPSA) is 44.7 Å². The number of benzene rings is 2. The fraction of sp³-hybridized carbons (Fsp3) is 0.333. The molecule has 0 aromatic heterocycles.